The van der Waals surface area contributed by atoms with Crippen molar-refractivity contribution in [1.29, 1.82) is 0 Å². The Hall–Kier alpha value is -2.54. The van der Waals surface area contributed by atoms with Gasteiger partial charge in [-0.15, -0.1) is 0 Å². The predicted octanol–water partition coefficient (Wildman–Crippen LogP) is 3.20. The Morgan fingerprint density at radius 3 is 2.62 bits per heavy atom. The average Bonchev–Trinajstić information content (AvgIpc) is 2.77. The van der Waals surface area contributed by atoms with Gasteiger partial charge in [0.15, 0.2) is 0 Å². The Bertz CT molecular complexity index is 789. The monoisotopic (exact) mass is 394 g/mol. The summed E-state index contributed by atoms with van der Waals surface area (Å²) in [6.45, 7) is 5.53. The van der Waals surface area contributed by atoms with Crippen LogP contribution in [0.1, 0.15) is 50.6 Å². The second kappa shape index (κ2) is 9.31. The van der Waals surface area contributed by atoms with Crippen LogP contribution in [0.3, 0.4) is 0 Å². The van der Waals surface area contributed by atoms with Crippen LogP contribution in [0.4, 0.5) is 11.5 Å². The first-order valence-corrected chi connectivity index (χ1v) is 10.7. The van der Waals surface area contributed by atoms with Gasteiger partial charge in [-0.3, -0.25) is 19.7 Å². The lowest BCUT2D eigenvalue weighted by Gasteiger charge is -2.36. The van der Waals surface area contributed by atoms with E-state index in [2.05, 4.69) is 38.2 Å². The van der Waals surface area contributed by atoms with Crippen molar-refractivity contribution < 1.29 is 4.79 Å². The molecule has 0 saturated carbocycles. The number of pyridine rings is 1. The minimum absolute atomic E-state index is 0.286. The van der Waals surface area contributed by atoms with E-state index in [1.807, 2.05) is 17.2 Å². The standard InChI is InChI=1S/C22H30N6O/c1-17-4-2-3-11-28(17)16-22(29)27-12-7-18(8-13-27)20-6-5-19(14-25-20)26-21-15-23-9-10-24-21/h5-6,9-10,14-15,17-18H,2-4,7-8,11-13,16H2,1H3,(H,24,26)/t17-/m0/s1. The van der Waals surface area contributed by atoms with Gasteiger partial charge < -0.3 is 10.2 Å². The van der Waals surface area contributed by atoms with E-state index in [1.165, 1.54) is 19.3 Å². The molecular formula is C22H30N6O. The Morgan fingerprint density at radius 2 is 1.93 bits per heavy atom. The van der Waals surface area contributed by atoms with Crippen LogP contribution >= 0.6 is 0 Å². The number of rotatable bonds is 5. The van der Waals surface area contributed by atoms with E-state index in [9.17, 15) is 4.79 Å². The highest BCUT2D eigenvalue weighted by atomic mass is 16.2. The molecule has 2 aromatic heterocycles. The van der Waals surface area contributed by atoms with Crippen molar-refractivity contribution in [2.45, 2.75) is 51.0 Å². The lowest BCUT2D eigenvalue weighted by Crippen LogP contribution is -2.47. The Balaban J connectivity index is 1.27. The van der Waals surface area contributed by atoms with Gasteiger partial charge in [-0.1, -0.05) is 6.42 Å². The van der Waals surface area contributed by atoms with E-state index in [4.69, 9.17) is 0 Å². The molecule has 4 heterocycles. The molecule has 1 atom stereocenters. The number of likely N-dealkylation sites (tertiary alicyclic amines) is 2. The van der Waals surface area contributed by atoms with Crippen LogP contribution in [0.2, 0.25) is 0 Å². The molecule has 29 heavy (non-hydrogen) atoms. The number of anilines is 2. The number of hydrogen-bond donors (Lipinski definition) is 1. The van der Waals surface area contributed by atoms with E-state index >= 15 is 0 Å². The smallest absolute Gasteiger partial charge is 0.236 e. The maximum atomic E-state index is 12.7. The largest absolute Gasteiger partial charge is 0.342 e. The summed E-state index contributed by atoms with van der Waals surface area (Å²) in [6.07, 6.45) is 12.5. The minimum atomic E-state index is 0.286. The summed E-state index contributed by atoms with van der Waals surface area (Å²) in [5.74, 6) is 1.41. The van der Waals surface area contributed by atoms with Gasteiger partial charge in [0.2, 0.25) is 5.91 Å². The van der Waals surface area contributed by atoms with Crippen molar-refractivity contribution in [3.05, 3.63) is 42.6 Å². The van der Waals surface area contributed by atoms with E-state index in [0.29, 0.717) is 24.3 Å². The molecule has 0 radical (unpaired) electrons. The molecule has 2 saturated heterocycles. The number of hydrogen-bond acceptors (Lipinski definition) is 6. The van der Waals surface area contributed by atoms with Gasteiger partial charge in [0.25, 0.3) is 0 Å². The van der Waals surface area contributed by atoms with Gasteiger partial charge >= 0.3 is 0 Å². The van der Waals surface area contributed by atoms with Gasteiger partial charge in [-0.05, 0) is 51.3 Å². The lowest BCUT2D eigenvalue weighted by atomic mass is 9.93. The molecular weight excluding hydrogens is 364 g/mol. The van der Waals surface area contributed by atoms with Crippen molar-refractivity contribution in [3.8, 4) is 0 Å². The van der Waals surface area contributed by atoms with Gasteiger partial charge in [0.05, 0.1) is 24.6 Å². The summed E-state index contributed by atoms with van der Waals surface area (Å²) in [7, 11) is 0. The molecule has 7 heteroatoms. The third-order valence-corrected chi connectivity index (χ3v) is 6.17. The zero-order valence-corrected chi connectivity index (χ0v) is 17.1. The number of nitrogens with one attached hydrogen (secondary N) is 1. The van der Waals surface area contributed by atoms with Crippen molar-refractivity contribution in [3.63, 3.8) is 0 Å². The van der Waals surface area contributed by atoms with E-state index in [1.54, 1.807) is 18.6 Å². The molecule has 0 unspecified atom stereocenters. The number of aromatic nitrogens is 3. The number of nitrogens with zero attached hydrogens (tertiary/aromatic N) is 5. The molecule has 154 valence electrons. The first-order chi connectivity index (χ1) is 14.2. The highest BCUT2D eigenvalue weighted by Gasteiger charge is 2.27. The van der Waals surface area contributed by atoms with Crippen LogP contribution in [0, 0.1) is 0 Å². The SMILES string of the molecule is C[C@H]1CCCCN1CC(=O)N1CCC(c2ccc(Nc3cnccn3)cn2)CC1. The molecule has 7 nitrogen and oxygen atoms in total. The number of amides is 1. The number of carbonyl (C=O) groups excluding carboxylic acids is 1. The first-order valence-electron chi connectivity index (χ1n) is 10.7. The fourth-order valence-corrected chi connectivity index (χ4v) is 4.32. The molecule has 0 aromatic carbocycles. The van der Waals surface area contributed by atoms with Gasteiger partial charge in [-0.2, -0.15) is 0 Å². The van der Waals surface area contributed by atoms with Crippen LogP contribution < -0.4 is 5.32 Å². The topological polar surface area (TPSA) is 74.2 Å². The molecule has 4 rings (SSSR count). The fraction of sp³-hybridized carbons (Fsp3) is 0.545. The fourth-order valence-electron chi connectivity index (χ4n) is 4.32. The minimum Gasteiger partial charge on any atom is -0.342 e. The highest BCUT2D eigenvalue weighted by molar-refractivity contribution is 5.78. The van der Waals surface area contributed by atoms with Crippen LogP contribution in [-0.4, -0.2) is 62.9 Å². The zero-order valence-electron chi connectivity index (χ0n) is 17.1. The van der Waals surface area contributed by atoms with Crippen molar-refractivity contribution in [2.24, 2.45) is 0 Å². The molecule has 0 bridgehead atoms. The van der Waals surface area contributed by atoms with Crippen LogP contribution in [0.25, 0.3) is 0 Å². The summed E-state index contributed by atoms with van der Waals surface area (Å²) < 4.78 is 0. The second-order valence-corrected chi connectivity index (χ2v) is 8.16. The molecule has 0 aliphatic carbocycles. The van der Waals surface area contributed by atoms with E-state index in [-0.39, 0.29) is 5.91 Å². The van der Waals surface area contributed by atoms with Gasteiger partial charge in [0.1, 0.15) is 5.82 Å². The molecule has 2 fully saturated rings. The van der Waals surface area contributed by atoms with Crippen molar-refractivity contribution in [1.82, 2.24) is 24.8 Å². The van der Waals surface area contributed by atoms with Crippen molar-refractivity contribution in [2.75, 3.05) is 31.5 Å². The molecule has 2 aromatic rings. The molecule has 2 aliphatic heterocycles. The molecule has 1 amide bonds. The highest BCUT2D eigenvalue weighted by Crippen LogP contribution is 2.28. The average molecular weight is 395 g/mol. The zero-order chi connectivity index (χ0) is 20.1. The van der Waals surface area contributed by atoms with Gasteiger partial charge in [0, 0.05) is 43.1 Å². The maximum absolute atomic E-state index is 12.7. The quantitative estimate of drug-likeness (QED) is 0.839. The first kappa shape index (κ1) is 19.8. The van der Waals surface area contributed by atoms with E-state index in [0.717, 1.165) is 43.9 Å². The Kier molecular flexibility index (Phi) is 6.34. The summed E-state index contributed by atoms with van der Waals surface area (Å²) in [5, 5.41) is 3.20. The van der Waals surface area contributed by atoms with Crippen LogP contribution in [0.15, 0.2) is 36.9 Å². The van der Waals surface area contributed by atoms with Crippen LogP contribution in [0.5, 0.6) is 0 Å². The number of piperidine rings is 2. The Morgan fingerprint density at radius 1 is 1.07 bits per heavy atom. The summed E-state index contributed by atoms with van der Waals surface area (Å²) >= 11 is 0. The maximum Gasteiger partial charge on any atom is 0.236 e. The van der Waals surface area contributed by atoms with E-state index < -0.39 is 0 Å². The number of carbonyl (C=O) groups is 1. The second-order valence-electron chi connectivity index (χ2n) is 8.16. The van der Waals surface area contributed by atoms with Crippen LogP contribution in [-0.2, 0) is 4.79 Å². The lowest BCUT2D eigenvalue weighted by molar-refractivity contribution is -0.134. The predicted molar refractivity (Wildman–Crippen MR) is 113 cm³/mol. The Labute approximate surface area is 172 Å². The summed E-state index contributed by atoms with van der Waals surface area (Å²) in [6, 6.07) is 4.64. The summed E-state index contributed by atoms with van der Waals surface area (Å²) in [4.78, 5) is 30.0. The molecule has 1 N–H and O–H groups in total. The molecule has 0 spiro atoms. The normalized spacial score (nSPS) is 21.1. The third-order valence-electron chi connectivity index (χ3n) is 6.17. The third kappa shape index (κ3) is 5.09. The van der Waals surface area contributed by atoms with Crippen molar-refractivity contribution >= 4 is 17.4 Å². The summed E-state index contributed by atoms with van der Waals surface area (Å²) in [5.41, 5.74) is 2.00. The van der Waals surface area contributed by atoms with Gasteiger partial charge in [-0.25, -0.2) is 4.98 Å². The molecule has 2 aliphatic rings.